The highest BCUT2D eigenvalue weighted by Gasteiger charge is 2.25. The summed E-state index contributed by atoms with van der Waals surface area (Å²) in [6.07, 6.45) is 12.6. The second-order valence-electron chi connectivity index (χ2n) is 10.4. The number of hydrogen-bond acceptors (Lipinski definition) is 1. The van der Waals surface area contributed by atoms with Crippen molar-refractivity contribution in [2.75, 3.05) is 6.61 Å². The molecule has 0 aromatic heterocycles. The summed E-state index contributed by atoms with van der Waals surface area (Å²) >= 11 is 0. The number of benzene rings is 3. The quantitative estimate of drug-likeness (QED) is 0.180. The van der Waals surface area contributed by atoms with Gasteiger partial charge in [-0.25, -0.2) is 13.2 Å². The van der Waals surface area contributed by atoms with Crippen LogP contribution in [0.3, 0.4) is 0 Å². The fourth-order valence-electron chi connectivity index (χ4n) is 5.46. The number of rotatable bonds is 11. The fourth-order valence-corrected chi connectivity index (χ4v) is 5.46. The molecule has 1 saturated carbocycles. The SMILES string of the molecule is C/C=C/COC1CCC(c2ccc(-c3ccc(-c4ccc(CCCCCC)c(F)c4F)cc3)cc2F)CC1. The number of halogens is 3. The predicted octanol–water partition coefficient (Wildman–Crippen LogP) is 10.2. The van der Waals surface area contributed by atoms with Gasteiger partial charge in [0.15, 0.2) is 11.6 Å². The Kier molecular flexibility index (Phi) is 10.2. The average Bonchev–Trinajstić information content (AvgIpc) is 2.94. The fraction of sp³-hybridized carbons (Fsp3) is 0.412. The molecule has 0 unspecified atom stereocenters. The van der Waals surface area contributed by atoms with Gasteiger partial charge in [-0.1, -0.05) is 86.9 Å². The standard InChI is InChI=1S/C34H39F3O/c1-3-5-7-8-9-27-16-21-31(34(37)33(27)36)26-12-10-24(11-13-26)28-17-20-30(32(35)23-28)25-14-18-29(19-15-25)38-22-6-4-2/h4,6,10-13,16-17,20-21,23,25,29H,3,5,7-9,14-15,18-19,22H2,1-2H3/b6-4+. The molecule has 1 fully saturated rings. The van der Waals surface area contributed by atoms with Crippen LogP contribution in [-0.4, -0.2) is 12.7 Å². The zero-order valence-corrected chi connectivity index (χ0v) is 22.6. The summed E-state index contributed by atoms with van der Waals surface area (Å²) < 4.78 is 50.6. The molecule has 0 atom stereocenters. The Labute approximate surface area is 225 Å². The van der Waals surface area contributed by atoms with Gasteiger partial charge in [0.05, 0.1) is 12.7 Å². The van der Waals surface area contributed by atoms with Gasteiger partial charge in [-0.3, -0.25) is 0 Å². The average molecular weight is 521 g/mol. The minimum absolute atomic E-state index is 0.187. The number of hydrogen-bond donors (Lipinski definition) is 0. The molecule has 3 aromatic carbocycles. The number of ether oxygens (including phenoxy) is 1. The van der Waals surface area contributed by atoms with Crippen molar-refractivity contribution in [3.05, 3.63) is 95.3 Å². The van der Waals surface area contributed by atoms with Crippen LogP contribution < -0.4 is 0 Å². The Morgan fingerprint density at radius 3 is 2.18 bits per heavy atom. The van der Waals surface area contributed by atoms with E-state index in [1.807, 2.05) is 43.3 Å². The summed E-state index contributed by atoms with van der Waals surface area (Å²) in [5.41, 5.74) is 3.67. The van der Waals surface area contributed by atoms with E-state index in [1.54, 1.807) is 30.3 Å². The van der Waals surface area contributed by atoms with Crippen molar-refractivity contribution in [1.82, 2.24) is 0 Å². The lowest BCUT2D eigenvalue weighted by molar-refractivity contribution is 0.0419. The maximum atomic E-state index is 15.1. The Morgan fingerprint density at radius 1 is 0.789 bits per heavy atom. The van der Waals surface area contributed by atoms with E-state index in [4.69, 9.17) is 4.74 Å². The van der Waals surface area contributed by atoms with Crippen LogP contribution in [-0.2, 0) is 11.2 Å². The van der Waals surface area contributed by atoms with Crippen molar-refractivity contribution in [3.63, 3.8) is 0 Å². The van der Waals surface area contributed by atoms with Crippen LogP contribution in [0.2, 0.25) is 0 Å². The van der Waals surface area contributed by atoms with Gasteiger partial charge in [0, 0.05) is 5.56 Å². The molecule has 1 aliphatic carbocycles. The minimum Gasteiger partial charge on any atom is -0.374 e. The molecule has 4 heteroatoms. The van der Waals surface area contributed by atoms with Gasteiger partial charge in [0.1, 0.15) is 5.82 Å². The minimum atomic E-state index is -0.803. The molecule has 0 saturated heterocycles. The van der Waals surface area contributed by atoms with E-state index < -0.39 is 11.6 Å². The molecule has 38 heavy (non-hydrogen) atoms. The van der Waals surface area contributed by atoms with Crippen LogP contribution in [0.15, 0.2) is 66.7 Å². The molecule has 0 amide bonds. The molecule has 3 aromatic rings. The van der Waals surface area contributed by atoms with Crippen LogP contribution in [0, 0.1) is 17.5 Å². The predicted molar refractivity (Wildman–Crippen MR) is 151 cm³/mol. The molecule has 0 N–H and O–H groups in total. The number of unbranched alkanes of at least 4 members (excludes halogenated alkanes) is 3. The van der Waals surface area contributed by atoms with E-state index in [-0.39, 0.29) is 23.4 Å². The zero-order chi connectivity index (χ0) is 26.9. The maximum Gasteiger partial charge on any atom is 0.166 e. The Morgan fingerprint density at radius 2 is 1.50 bits per heavy atom. The van der Waals surface area contributed by atoms with Gasteiger partial charge in [-0.2, -0.15) is 0 Å². The van der Waals surface area contributed by atoms with E-state index in [0.717, 1.165) is 68.1 Å². The summed E-state index contributed by atoms with van der Waals surface area (Å²) in [6, 6.07) is 16.0. The molecule has 0 bridgehead atoms. The molecular weight excluding hydrogens is 481 g/mol. The lowest BCUT2D eigenvalue weighted by Gasteiger charge is -2.29. The van der Waals surface area contributed by atoms with Gasteiger partial charge in [-0.05, 0) is 85.3 Å². The molecule has 0 aliphatic heterocycles. The normalized spacial score (nSPS) is 17.8. The molecule has 0 radical (unpaired) electrons. The lowest BCUT2D eigenvalue weighted by Crippen LogP contribution is -2.21. The van der Waals surface area contributed by atoms with Crippen molar-refractivity contribution >= 4 is 0 Å². The molecule has 1 aliphatic rings. The van der Waals surface area contributed by atoms with Crippen molar-refractivity contribution in [1.29, 1.82) is 0 Å². The van der Waals surface area contributed by atoms with E-state index in [9.17, 15) is 8.78 Å². The molecule has 1 nitrogen and oxygen atoms in total. The molecular formula is C34H39F3O. The van der Waals surface area contributed by atoms with Gasteiger partial charge >= 0.3 is 0 Å². The Balaban J connectivity index is 1.41. The Bertz CT molecular complexity index is 1210. The second-order valence-corrected chi connectivity index (χ2v) is 10.4. The summed E-state index contributed by atoms with van der Waals surface area (Å²) in [7, 11) is 0. The summed E-state index contributed by atoms with van der Waals surface area (Å²) in [5, 5.41) is 0. The summed E-state index contributed by atoms with van der Waals surface area (Å²) in [6.45, 7) is 4.75. The second kappa shape index (κ2) is 13.8. The van der Waals surface area contributed by atoms with Gasteiger partial charge in [-0.15, -0.1) is 0 Å². The van der Waals surface area contributed by atoms with Crippen LogP contribution in [0.1, 0.15) is 82.3 Å². The highest BCUT2D eigenvalue weighted by atomic mass is 19.2. The lowest BCUT2D eigenvalue weighted by atomic mass is 9.82. The first-order valence-electron chi connectivity index (χ1n) is 14.1. The van der Waals surface area contributed by atoms with Crippen molar-refractivity contribution in [3.8, 4) is 22.3 Å². The van der Waals surface area contributed by atoms with Crippen LogP contribution >= 0.6 is 0 Å². The van der Waals surface area contributed by atoms with Crippen LogP contribution in [0.25, 0.3) is 22.3 Å². The highest BCUT2D eigenvalue weighted by molar-refractivity contribution is 5.71. The first-order valence-corrected chi connectivity index (χ1v) is 14.1. The third-order valence-electron chi connectivity index (χ3n) is 7.77. The highest BCUT2D eigenvalue weighted by Crippen LogP contribution is 2.37. The van der Waals surface area contributed by atoms with Gasteiger partial charge in [0.2, 0.25) is 0 Å². The number of allylic oxidation sites excluding steroid dienone is 1. The van der Waals surface area contributed by atoms with E-state index in [2.05, 4.69) is 6.92 Å². The van der Waals surface area contributed by atoms with Crippen molar-refractivity contribution < 1.29 is 17.9 Å². The third kappa shape index (κ3) is 6.96. The van der Waals surface area contributed by atoms with E-state index in [1.165, 1.54) is 0 Å². The van der Waals surface area contributed by atoms with Crippen LogP contribution in [0.4, 0.5) is 13.2 Å². The van der Waals surface area contributed by atoms with Crippen LogP contribution in [0.5, 0.6) is 0 Å². The zero-order valence-electron chi connectivity index (χ0n) is 22.6. The monoisotopic (exact) mass is 520 g/mol. The molecule has 4 rings (SSSR count). The van der Waals surface area contributed by atoms with Crippen molar-refractivity contribution in [2.24, 2.45) is 0 Å². The van der Waals surface area contributed by atoms with Gasteiger partial charge in [0.25, 0.3) is 0 Å². The smallest absolute Gasteiger partial charge is 0.166 e. The van der Waals surface area contributed by atoms with E-state index >= 15 is 4.39 Å². The molecule has 0 spiro atoms. The number of aryl methyl sites for hydroxylation is 1. The largest absolute Gasteiger partial charge is 0.374 e. The van der Waals surface area contributed by atoms with E-state index in [0.29, 0.717) is 24.2 Å². The first kappa shape index (κ1) is 28.2. The van der Waals surface area contributed by atoms with Crippen molar-refractivity contribution in [2.45, 2.75) is 83.7 Å². The summed E-state index contributed by atoms with van der Waals surface area (Å²) in [5.74, 6) is -1.53. The first-order chi connectivity index (χ1) is 18.5. The topological polar surface area (TPSA) is 9.23 Å². The third-order valence-corrected chi connectivity index (χ3v) is 7.77. The molecule has 0 heterocycles. The van der Waals surface area contributed by atoms with Gasteiger partial charge < -0.3 is 4.74 Å². The maximum absolute atomic E-state index is 15.1. The summed E-state index contributed by atoms with van der Waals surface area (Å²) in [4.78, 5) is 0. The Hall–Kier alpha value is -2.85. The molecule has 202 valence electrons.